The summed E-state index contributed by atoms with van der Waals surface area (Å²) >= 11 is 0. The van der Waals surface area contributed by atoms with Crippen molar-refractivity contribution in [3.8, 4) is 11.5 Å². The Kier molecular flexibility index (Phi) is 5.37. The Morgan fingerprint density at radius 1 is 0.885 bits per heavy atom. The molecule has 1 amide bonds. The Hall–Kier alpha value is -3.07. The van der Waals surface area contributed by atoms with E-state index >= 15 is 0 Å². The summed E-state index contributed by atoms with van der Waals surface area (Å²) in [5, 5.41) is 2.92. The van der Waals surface area contributed by atoms with Gasteiger partial charge < -0.3 is 10.1 Å². The van der Waals surface area contributed by atoms with Crippen molar-refractivity contribution in [2.75, 3.05) is 5.32 Å². The molecular formula is C23H23NO2. The molecule has 0 spiro atoms. The molecule has 0 fully saturated rings. The van der Waals surface area contributed by atoms with Gasteiger partial charge in [-0.15, -0.1) is 0 Å². The second kappa shape index (κ2) is 7.87. The van der Waals surface area contributed by atoms with Gasteiger partial charge in [0.25, 0.3) is 5.91 Å². The van der Waals surface area contributed by atoms with Crippen LogP contribution in [-0.4, -0.2) is 5.91 Å². The summed E-state index contributed by atoms with van der Waals surface area (Å²) in [6, 6.07) is 23.0. The average molecular weight is 345 g/mol. The quantitative estimate of drug-likeness (QED) is 0.601. The average Bonchev–Trinajstić information content (AvgIpc) is 2.62. The molecule has 3 aromatic carbocycles. The van der Waals surface area contributed by atoms with Crippen LogP contribution >= 0.6 is 0 Å². The van der Waals surface area contributed by atoms with Gasteiger partial charge in [0.2, 0.25) is 0 Å². The van der Waals surface area contributed by atoms with E-state index in [2.05, 4.69) is 31.3 Å². The van der Waals surface area contributed by atoms with Gasteiger partial charge in [0, 0.05) is 17.3 Å². The topological polar surface area (TPSA) is 38.3 Å². The van der Waals surface area contributed by atoms with Crippen molar-refractivity contribution in [2.45, 2.75) is 26.7 Å². The van der Waals surface area contributed by atoms with E-state index in [0.717, 1.165) is 11.3 Å². The molecule has 26 heavy (non-hydrogen) atoms. The van der Waals surface area contributed by atoms with Crippen LogP contribution in [0.2, 0.25) is 0 Å². The molecular weight excluding hydrogens is 322 g/mol. The summed E-state index contributed by atoms with van der Waals surface area (Å²) in [6.07, 6.45) is 0. The second-order valence-corrected chi connectivity index (χ2v) is 6.68. The maximum absolute atomic E-state index is 12.4. The van der Waals surface area contributed by atoms with Gasteiger partial charge in [-0.2, -0.15) is 0 Å². The first-order chi connectivity index (χ1) is 12.5. The molecule has 0 saturated heterocycles. The SMILES string of the molecule is Cc1cccc(C(=O)Nc2cccc(Oc3ccc(C(C)C)cc3)c2)c1. The zero-order valence-electron chi connectivity index (χ0n) is 15.3. The third-order valence-electron chi connectivity index (χ3n) is 4.15. The Labute approximate surface area is 154 Å². The van der Waals surface area contributed by atoms with Crippen LogP contribution in [0.25, 0.3) is 0 Å². The van der Waals surface area contributed by atoms with E-state index in [1.165, 1.54) is 5.56 Å². The number of benzene rings is 3. The highest BCUT2D eigenvalue weighted by Crippen LogP contribution is 2.26. The number of aryl methyl sites for hydroxylation is 1. The summed E-state index contributed by atoms with van der Waals surface area (Å²) in [5.41, 5.74) is 3.67. The van der Waals surface area contributed by atoms with Crippen molar-refractivity contribution in [3.05, 3.63) is 89.5 Å². The lowest BCUT2D eigenvalue weighted by Gasteiger charge is -2.10. The maximum Gasteiger partial charge on any atom is 0.255 e. The Morgan fingerprint density at radius 3 is 2.31 bits per heavy atom. The second-order valence-electron chi connectivity index (χ2n) is 6.68. The van der Waals surface area contributed by atoms with Gasteiger partial charge in [-0.3, -0.25) is 4.79 Å². The molecule has 0 radical (unpaired) electrons. The minimum Gasteiger partial charge on any atom is -0.457 e. The molecule has 0 heterocycles. The summed E-state index contributed by atoms with van der Waals surface area (Å²) in [4.78, 5) is 12.4. The van der Waals surface area contributed by atoms with Gasteiger partial charge in [-0.25, -0.2) is 0 Å². The van der Waals surface area contributed by atoms with Crippen molar-refractivity contribution in [1.82, 2.24) is 0 Å². The largest absolute Gasteiger partial charge is 0.457 e. The van der Waals surface area contributed by atoms with Crippen molar-refractivity contribution in [3.63, 3.8) is 0 Å². The lowest BCUT2D eigenvalue weighted by molar-refractivity contribution is 0.102. The number of rotatable bonds is 5. The standard InChI is InChI=1S/C23H23NO2/c1-16(2)18-10-12-21(13-11-18)26-22-9-5-8-20(15-22)24-23(25)19-7-4-6-17(3)14-19/h4-16H,1-3H3,(H,24,25). The zero-order chi connectivity index (χ0) is 18.5. The molecule has 0 aliphatic rings. The molecule has 0 aliphatic carbocycles. The summed E-state index contributed by atoms with van der Waals surface area (Å²) in [7, 11) is 0. The van der Waals surface area contributed by atoms with Gasteiger partial charge in [-0.1, -0.05) is 49.7 Å². The third-order valence-corrected chi connectivity index (χ3v) is 4.15. The Balaban J connectivity index is 1.70. The van der Waals surface area contributed by atoms with E-state index in [0.29, 0.717) is 22.9 Å². The molecule has 1 N–H and O–H groups in total. The number of nitrogens with one attached hydrogen (secondary N) is 1. The number of carbonyl (C=O) groups is 1. The number of ether oxygens (including phenoxy) is 1. The number of carbonyl (C=O) groups excluding carboxylic acids is 1. The highest BCUT2D eigenvalue weighted by atomic mass is 16.5. The van der Waals surface area contributed by atoms with Crippen LogP contribution in [0.3, 0.4) is 0 Å². The predicted molar refractivity (Wildman–Crippen MR) is 106 cm³/mol. The molecule has 0 unspecified atom stereocenters. The first-order valence-electron chi connectivity index (χ1n) is 8.77. The molecule has 0 saturated carbocycles. The number of hydrogen-bond donors (Lipinski definition) is 1. The number of amides is 1. The summed E-state index contributed by atoms with van der Waals surface area (Å²) < 4.78 is 5.91. The van der Waals surface area contributed by atoms with Gasteiger partial charge in [0.15, 0.2) is 0 Å². The van der Waals surface area contributed by atoms with Gasteiger partial charge in [-0.05, 0) is 54.8 Å². The molecule has 3 nitrogen and oxygen atoms in total. The molecule has 0 aliphatic heterocycles. The molecule has 132 valence electrons. The zero-order valence-corrected chi connectivity index (χ0v) is 15.3. The van der Waals surface area contributed by atoms with E-state index in [1.54, 1.807) is 6.07 Å². The fourth-order valence-electron chi connectivity index (χ4n) is 2.68. The minimum atomic E-state index is -0.132. The van der Waals surface area contributed by atoms with E-state index in [1.807, 2.05) is 61.5 Å². The van der Waals surface area contributed by atoms with E-state index in [-0.39, 0.29) is 5.91 Å². The minimum absolute atomic E-state index is 0.132. The van der Waals surface area contributed by atoms with Crippen LogP contribution in [0, 0.1) is 6.92 Å². The number of anilines is 1. The highest BCUT2D eigenvalue weighted by molar-refractivity contribution is 6.04. The summed E-state index contributed by atoms with van der Waals surface area (Å²) in [6.45, 7) is 6.29. The smallest absolute Gasteiger partial charge is 0.255 e. The molecule has 3 rings (SSSR count). The van der Waals surface area contributed by atoms with Crippen LogP contribution in [0.1, 0.15) is 41.3 Å². The van der Waals surface area contributed by atoms with E-state index < -0.39 is 0 Å². The Bertz CT molecular complexity index is 898. The van der Waals surface area contributed by atoms with Crippen LogP contribution in [-0.2, 0) is 0 Å². The molecule has 0 atom stereocenters. The van der Waals surface area contributed by atoms with Gasteiger partial charge in [0.1, 0.15) is 11.5 Å². The Morgan fingerprint density at radius 2 is 1.62 bits per heavy atom. The fourth-order valence-corrected chi connectivity index (χ4v) is 2.68. The van der Waals surface area contributed by atoms with Crippen LogP contribution in [0.4, 0.5) is 5.69 Å². The van der Waals surface area contributed by atoms with Crippen LogP contribution in [0.5, 0.6) is 11.5 Å². The number of hydrogen-bond acceptors (Lipinski definition) is 2. The summed E-state index contributed by atoms with van der Waals surface area (Å²) in [5.74, 6) is 1.82. The molecule has 3 aromatic rings. The van der Waals surface area contributed by atoms with E-state index in [9.17, 15) is 4.79 Å². The maximum atomic E-state index is 12.4. The van der Waals surface area contributed by atoms with Crippen molar-refractivity contribution >= 4 is 11.6 Å². The van der Waals surface area contributed by atoms with Gasteiger partial charge in [0.05, 0.1) is 0 Å². The van der Waals surface area contributed by atoms with Crippen LogP contribution in [0.15, 0.2) is 72.8 Å². The normalized spacial score (nSPS) is 10.6. The first-order valence-corrected chi connectivity index (χ1v) is 8.77. The molecule has 0 aromatic heterocycles. The monoisotopic (exact) mass is 345 g/mol. The first kappa shape index (κ1) is 17.7. The molecule has 3 heteroatoms. The predicted octanol–water partition coefficient (Wildman–Crippen LogP) is 6.16. The van der Waals surface area contributed by atoms with Crippen molar-refractivity contribution in [2.24, 2.45) is 0 Å². The van der Waals surface area contributed by atoms with Crippen LogP contribution < -0.4 is 10.1 Å². The van der Waals surface area contributed by atoms with E-state index in [4.69, 9.17) is 4.74 Å². The third kappa shape index (κ3) is 4.51. The van der Waals surface area contributed by atoms with Crippen molar-refractivity contribution < 1.29 is 9.53 Å². The lowest BCUT2D eigenvalue weighted by atomic mass is 10.0. The van der Waals surface area contributed by atoms with Crippen molar-refractivity contribution in [1.29, 1.82) is 0 Å². The van der Waals surface area contributed by atoms with Gasteiger partial charge >= 0.3 is 0 Å². The fraction of sp³-hybridized carbons (Fsp3) is 0.174. The lowest BCUT2D eigenvalue weighted by Crippen LogP contribution is -2.11. The highest BCUT2D eigenvalue weighted by Gasteiger charge is 2.07. The molecule has 0 bridgehead atoms.